The van der Waals surface area contributed by atoms with Gasteiger partial charge in [-0.2, -0.15) is 0 Å². The molecule has 1 aromatic rings. The van der Waals surface area contributed by atoms with Crippen LogP contribution in [-0.2, 0) is 4.79 Å². The molecule has 3 N–H and O–H groups in total. The molecule has 1 atom stereocenters. The van der Waals surface area contributed by atoms with Crippen molar-refractivity contribution in [1.82, 2.24) is 19.9 Å². The van der Waals surface area contributed by atoms with Gasteiger partial charge in [0.1, 0.15) is 0 Å². The number of carboxylic acid groups (broad SMARTS) is 1. The lowest BCUT2D eigenvalue weighted by Gasteiger charge is -2.40. The smallest absolute Gasteiger partial charge is 0.358 e. The number of unbranched alkanes of at least 4 members (excludes halogenated alkanes) is 1. The zero-order valence-electron chi connectivity index (χ0n) is 11.4. The van der Waals surface area contributed by atoms with E-state index in [1.165, 1.54) is 10.9 Å². The van der Waals surface area contributed by atoms with Gasteiger partial charge in [-0.3, -0.25) is 4.79 Å². The topological polar surface area (TPSA) is 114 Å². The molecule has 0 saturated carbocycles. The van der Waals surface area contributed by atoms with Crippen LogP contribution in [0, 0.1) is 0 Å². The molecule has 0 radical (unpaired) electrons. The van der Waals surface area contributed by atoms with E-state index in [2.05, 4.69) is 17.2 Å². The average molecular weight is 281 g/mol. The summed E-state index contributed by atoms with van der Waals surface area (Å²) in [6, 6.07) is -0.459. The molecule has 2 rings (SSSR count). The fourth-order valence-corrected chi connectivity index (χ4v) is 2.14. The summed E-state index contributed by atoms with van der Waals surface area (Å²) in [5, 5.41) is 16.1. The quantitative estimate of drug-likeness (QED) is 0.751. The van der Waals surface area contributed by atoms with Crippen molar-refractivity contribution in [2.75, 3.05) is 13.1 Å². The second-order valence-electron chi connectivity index (χ2n) is 5.03. The summed E-state index contributed by atoms with van der Waals surface area (Å²) in [4.78, 5) is 24.4. The van der Waals surface area contributed by atoms with E-state index in [-0.39, 0.29) is 17.6 Å². The number of likely N-dealkylation sites (tertiary alicyclic amines) is 1. The van der Waals surface area contributed by atoms with Crippen molar-refractivity contribution in [3.63, 3.8) is 0 Å². The first-order valence-corrected chi connectivity index (χ1v) is 6.72. The number of hydrogen-bond acceptors (Lipinski definition) is 5. The molecule has 8 nitrogen and oxygen atoms in total. The summed E-state index contributed by atoms with van der Waals surface area (Å²) in [5.41, 5.74) is 5.75. The number of aromatic carboxylic acids is 1. The highest BCUT2D eigenvalue weighted by atomic mass is 16.4. The molecule has 1 amide bonds. The molecule has 110 valence electrons. The number of amides is 1. The number of nitrogens with two attached hydrogens (primary N) is 1. The molecular formula is C12H19N5O3. The Balaban J connectivity index is 1.84. The number of aromatic nitrogens is 3. The number of carbonyl (C=O) groups is 2. The van der Waals surface area contributed by atoms with Crippen LogP contribution in [-0.4, -0.2) is 56.0 Å². The van der Waals surface area contributed by atoms with Gasteiger partial charge in [0.15, 0.2) is 5.69 Å². The molecule has 1 aliphatic rings. The normalized spacial score (nSPS) is 16.8. The molecule has 2 heterocycles. The molecule has 0 aliphatic carbocycles. The van der Waals surface area contributed by atoms with Crippen molar-refractivity contribution >= 4 is 11.9 Å². The molecule has 0 bridgehead atoms. The average Bonchev–Trinajstić information content (AvgIpc) is 2.83. The molecular weight excluding hydrogens is 262 g/mol. The van der Waals surface area contributed by atoms with Crippen molar-refractivity contribution in [2.45, 2.75) is 38.3 Å². The van der Waals surface area contributed by atoms with Crippen molar-refractivity contribution < 1.29 is 14.7 Å². The highest BCUT2D eigenvalue weighted by Gasteiger charge is 2.35. The van der Waals surface area contributed by atoms with Gasteiger partial charge in [-0.15, -0.1) is 5.10 Å². The van der Waals surface area contributed by atoms with E-state index in [0.717, 1.165) is 12.8 Å². The molecule has 0 aromatic carbocycles. The summed E-state index contributed by atoms with van der Waals surface area (Å²) < 4.78 is 1.49. The lowest BCUT2D eigenvalue weighted by Crippen LogP contribution is -2.55. The van der Waals surface area contributed by atoms with Gasteiger partial charge in [-0.05, 0) is 6.42 Å². The Morgan fingerprint density at radius 1 is 1.55 bits per heavy atom. The third kappa shape index (κ3) is 2.96. The zero-order chi connectivity index (χ0) is 14.7. The summed E-state index contributed by atoms with van der Waals surface area (Å²) in [7, 11) is 0. The summed E-state index contributed by atoms with van der Waals surface area (Å²) in [6.07, 6.45) is 4.03. The standard InChI is InChI=1S/C12H19N5O3/c1-2-3-4-9(13)11(18)16-5-8(6-16)17-7-10(12(19)20)14-15-17/h7-9H,2-6,13H2,1H3,(H,19,20)/t9-/m0/s1. The van der Waals surface area contributed by atoms with Crippen LogP contribution in [0.4, 0.5) is 0 Å². The van der Waals surface area contributed by atoms with Crippen LogP contribution < -0.4 is 5.73 Å². The molecule has 1 aromatic heterocycles. The Morgan fingerprint density at radius 2 is 2.25 bits per heavy atom. The molecule has 8 heteroatoms. The first-order chi connectivity index (χ1) is 9.52. The molecule has 0 spiro atoms. The molecule has 20 heavy (non-hydrogen) atoms. The first-order valence-electron chi connectivity index (χ1n) is 6.72. The molecule has 0 unspecified atom stereocenters. The van der Waals surface area contributed by atoms with Gasteiger partial charge in [0.2, 0.25) is 5.91 Å². The van der Waals surface area contributed by atoms with E-state index in [9.17, 15) is 9.59 Å². The summed E-state index contributed by atoms with van der Waals surface area (Å²) in [6.45, 7) is 3.06. The fraction of sp³-hybridized carbons (Fsp3) is 0.667. The van der Waals surface area contributed by atoms with Crippen LogP contribution in [0.25, 0.3) is 0 Å². The van der Waals surface area contributed by atoms with Gasteiger partial charge in [0.05, 0.1) is 18.3 Å². The maximum Gasteiger partial charge on any atom is 0.358 e. The Kier molecular flexibility index (Phi) is 4.33. The number of carbonyl (C=O) groups excluding carboxylic acids is 1. The monoisotopic (exact) mass is 281 g/mol. The predicted octanol–water partition coefficient (Wildman–Crippen LogP) is -0.123. The van der Waals surface area contributed by atoms with Crippen molar-refractivity contribution in [2.24, 2.45) is 5.73 Å². The van der Waals surface area contributed by atoms with Crippen LogP contribution in [0.2, 0.25) is 0 Å². The first kappa shape index (κ1) is 14.4. The van der Waals surface area contributed by atoms with Crippen molar-refractivity contribution in [3.05, 3.63) is 11.9 Å². The second-order valence-corrected chi connectivity index (χ2v) is 5.03. The van der Waals surface area contributed by atoms with Gasteiger partial charge in [0.25, 0.3) is 0 Å². The van der Waals surface area contributed by atoms with E-state index in [1.54, 1.807) is 4.90 Å². The zero-order valence-corrected chi connectivity index (χ0v) is 11.4. The molecule has 1 aliphatic heterocycles. The Hall–Kier alpha value is -1.96. The lowest BCUT2D eigenvalue weighted by molar-refractivity contribution is -0.138. The Labute approximate surface area is 116 Å². The van der Waals surface area contributed by atoms with E-state index in [4.69, 9.17) is 10.8 Å². The Morgan fingerprint density at radius 3 is 2.80 bits per heavy atom. The van der Waals surface area contributed by atoms with Gasteiger partial charge in [-0.25, -0.2) is 9.48 Å². The highest BCUT2D eigenvalue weighted by Crippen LogP contribution is 2.21. The third-order valence-corrected chi connectivity index (χ3v) is 3.46. The summed E-state index contributed by atoms with van der Waals surface area (Å²) >= 11 is 0. The van der Waals surface area contributed by atoms with E-state index in [0.29, 0.717) is 19.5 Å². The van der Waals surface area contributed by atoms with Crippen LogP contribution in [0.1, 0.15) is 42.7 Å². The second kappa shape index (κ2) is 6.00. The van der Waals surface area contributed by atoms with Crippen LogP contribution in [0.5, 0.6) is 0 Å². The van der Waals surface area contributed by atoms with Gasteiger partial charge >= 0.3 is 5.97 Å². The van der Waals surface area contributed by atoms with Gasteiger partial charge in [0, 0.05) is 13.1 Å². The number of hydrogen-bond donors (Lipinski definition) is 2. The molecule has 1 fully saturated rings. The van der Waals surface area contributed by atoms with E-state index >= 15 is 0 Å². The molecule has 1 saturated heterocycles. The van der Waals surface area contributed by atoms with Crippen LogP contribution in [0.15, 0.2) is 6.20 Å². The number of carboxylic acids is 1. The van der Waals surface area contributed by atoms with Crippen LogP contribution in [0.3, 0.4) is 0 Å². The van der Waals surface area contributed by atoms with E-state index in [1.807, 2.05) is 0 Å². The SMILES string of the molecule is CCCC[C@H](N)C(=O)N1CC(n2cc(C(=O)O)nn2)C1. The van der Waals surface area contributed by atoms with Crippen molar-refractivity contribution in [3.8, 4) is 0 Å². The Bertz CT molecular complexity index is 495. The fourth-order valence-electron chi connectivity index (χ4n) is 2.14. The van der Waals surface area contributed by atoms with Crippen molar-refractivity contribution in [1.29, 1.82) is 0 Å². The highest BCUT2D eigenvalue weighted by molar-refractivity contribution is 5.84. The lowest BCUT2D eigenvalue weighted by atomic mass is 10.0. The number of rotatable bonds is 6. The van der Waals surface area contributed by atoms with E-state index < -0.39 is 12.0 Å². The maximum atomic E-state index is 12.0. The summed E-state index contributed by atoms with van der Waals surface area (Å²) in [5.74, 6) is -1.15. The minimum Gasteiger partial charge on any atom is -0.476 e. The van der Waals surface area contributed by atoms with Gasteiger partial charge < -0.3 is 15.7 Å². The largest absolute Gasteiger partial charge is 0.476 e. The minimum atomic E-state index is -1.11. The predicted molar refractivity (Wildman–Crippen MR) is 70.1 cm³/mol. The minimum absolute atomic E-state index is 0.0158. The number of nitrogens with zero attached hydrogens (tertiary/aromatic N) is 4. The van der Waals surface area contributed by atoms with Gasteiger partial charge in [-0.1, -0.05) is 25.0 Å². The van der Waals surface area contributed by atoms with Crippen LogP contribution >= 0.6 is 0 Å². The third-order valence-electron chi connectivity index (χ3n) is 3.46. The maximum absolute atomic E-state index is 12.0.